The van der Waals surface area contributed by atoms with E-state index >= 15 is 0 Å². The molecule has 0 radical (unpaired) electrons. The van der Waals surface area contributed by atoms with Gasteiger partial charge >= 0.3 is 0 Å². The second-order valence-corrected chi connectivity index (χ2v) is 8.72. The molecule has 3 heterocycles. The summed E-state index contributed by atoms with van der Waals surface area (Å²) in [5.74, 6) is 0.0606. The molecule has 0 unspecified atom stereocenters. The van der Waals surface area contributed by atoms with Gasteiger partial charge in [0.2, 0.25) is 0 Å². The molecule has 1 amide bonds. The van der Waals surface area contributed by atoms with Crippen LogP contribution in [0.4, 0.5) is 10.7 Å². The van der Waals surface area contributed by atoms with Crippen molar-refractivity contribution in [2.75, 3.05) is 31.1 Å². The van der Waals surface area contributed by atoms with E-state index in [4.69, 9.17) is 0 Å². The van der Waals surface area contributed by atoms with Gasteiger partial charge in [-0.3, -0.25) is 4.79 Å². The highest BCUT2D eigenvalue weighted by molar-refractivity contribution is 7.18. The van der Waals surface area contributed by atoms with E-state index in [9.17, 15) is 4.79 Å². The van der Waals surface area contributed by atoms with Gasteiger partial charge in [-0.1, -0.05) is 24.6 Å². The summed E-state index contributed by atoms with van der Waals surface area (Å²) >= 11 is 1.59. The van der Waals surface area contributed by atoms with Gasteiger partial charge in [0.1, 0.15) is 0 Å². The van der Waals surface area contributed by atoms with Crippen LogP contribution in [0, 0.1) is 0 Å². The second-order valence-electron chi connectivity index (χ2n) is 7.66. The predicted octanol–water partition coefficient (Wildman–Crippen LogP) is 4.44. The van der Waals surface area contributed by atoms with Gasteiger partial charge in [-0.15, -0.1) is 11.3 Å². The third-order valence-corrected chi connectivity index (χ3v) is 6.92. The monoisotopic (exact) mass is 383 g/mol. The van der Waals surface area contributed by atoms with Crippen LogP contribution < -0.4 is 10.2 Å². The van der Waals surface area contributed by atoms with Crippen molar-refractivity contribution in [2.45, 2.75) is 45.1 Å². The summed E-state index contributed by atoms with van der Waals surface area (Å²) in [4.78, 5) is 18.2. The maximum atomic E-state index is 12.5. The lowest BCUT2D eigenvalue weighted by atomic mass is 10.0. The van der Waals surface area contributed by atoms with Crippen LogP contribution in [0.5, 0.6) is 0 Å². The van der Waals surface area contributed by atoms with Crippen LogP contribution in [0.15, 0.2) is 36.4 Å². The number of anilines is 2. The van der Waals surface area contributed by atoms with Gasteiger partial charge in [-0.05, 0) is 62.9 Å². The van der Waals surface area contributed by atoms with Crippen LogP contribution in [0.1, 0.15) is 47.8 Å². The summed E-state index contributed by atoms with van der Waals surface area (Å²) < 4.78 is 0. The highest BCUT2D eigenvalue weighted by Gasteiger charge is 2.22. The minimum absolute atomic E-state index is 0.0606. The molecule has 5 heteroatoms. The molecule has 1 saturated heterocycles. The van der Waals surface area contributed by atoms with Crippen molar-refractivity contribution in [3.05, 3.63) is 46.8 Å². The molecule has 0 aliphatic carbocycles. The van der Waals surface area contributed by atoms with E-state index in [0.717, 1.165) is 42.4 Å². The first kappa shape index (κ1) is 18.5. The molecule has 1 atom stereocenters. The molecule has 4 rings (SSSR count). The SMILES string of the molecule is C[C@@H]1CCCCN1CCCNC(=O)c1ccc(N2CCc3ccccc32)s1. The molecule has 0 bridgehead atoms. The van der Waals surface area contributed by atoms with Gasteiger partial charge in [-0.25, -0.2) is 0 Å². The number of nitrogens with one attached hydrogen (secondary N) is 1. The van der Waals surface area contributed by atoms with E-state index in [-0.39, 0.29) is 5.91 Å². The highest BCUT2D eigenvalue weighted by Crippen LogP contribution is 2.38. The van der Waals surface area contributed by atoms with Crippen LogP contribution >= 0.6 is 11.3 Å². The molecule has 1 N–H and O–H groups in total. The fourth-order valence-corrected chi connectivity index (χ4v) is 5.19. The Hall–Kier alpha value is -1.85. The molecule has 2 aliphatic heterocycles. The molecule has 2 aliphatic rings. The average Bonchev–Trinajstić information content (AvgIpc) is 3.33. The Kier molecular flexibility index (Phi) is 5.79. The number of amides is 1. The normalized spacial score (nSPS) is 19.9. The minimum atomic E-state index is 0.0606. The zero-order valence-corrected chi connectivity index (χ0v) is 16.9. The van der Waals surface area contributed by atoms with Gasteiger partial charge < -0.3 is 15.1 Å². The number of fused-ring (bicyclic) bond motifs is 1. The van der Waals surface area contributed by atoms with Crippen molar-refractivity contribution in [1.82, 2.24) is 10.2 Å². The Morgan fingerprint density at radius 2 is 2.07 bits per heavy atom. The topological polar surface area (TPSA) is 35.6 Å². The lowest BCUT2D eigenvalue weighted by Gasteiger charge is -2.33. The van der Waals surface area contributed by atoms with Crippen LogP contribution in [0.3, 0.4) is 0 Å². The summed E-state index contributed by atoms with van der Waals surface area (Å²) in [6.45, 7) is 6.36. The van der Waals surface area contributed by atoms with E-state index in [1.54, 1.807) is 11.3 Å². The van der Waals surface area contributed by atoms with Gasteiger partial charge in [0.15, 0.2) is 0 Å². The fraction of sp³-hybridized carbons (Fsp3) is 0.500. The number of rotatable bonds is 6. The van der Waals surface area contributed by atoms with Gasteiger partial charge in [0, 0.05) is 31.4 Å². The van der Waals surface area contributed by atoms with E-state index in [1.807, 2.05) is 6.07 Å². The number of carbonyl (C=O) groups excluding carboxylic acids is 1. The van der Waals surface area contributed by atoms with Crippen molar-refractivity contribution in [2.24, 2.45) is 0 Å². The van der Waals surface area contributed by atoms with Crippen LogP contribution in [0.2, 0.25) is 0 Å². The molecule has 1 aromatic heterocycles. The zero-order valence-electron chi connectivity index (χ0n) is 16.1. The maximum absolute atomic E-state index is 12.5. The molecular formula is C22H29N3OS. The third-order valence-electron chi connectivity index (χ3n) is 5.82. The van der Waals surface area contributed by atoms with Crippen LogP contribution in [-0.4, -0.2) is 43.0 Å². The highest BCUT2D eigenvalue weighted by atomic mass is 32.1. The third kappa shape index (κ3) is 4.19. The second kappa shape index (κ2) is 8.44. The lowest BCUT2D eigenvalue weighted by molar-refractivity contribution is 0.0953. The minimum Gasteiger partial charge on any atom is -0.351 e. The van der Waals surface area contributed by atoms with Crippen molar-refractivity contribution < 1.29 is 4.79 Å². The predicted molar refractivity (Wildman–Crippen MR) is 113 cm³/mol. The summed E-state index contributed by atoms with van der Waals surface area (Å²) in [5.41, 5.74) is 2.67. The number of benzene rings is 1. The standard InChI is InChI=1S/C22H29N3OS/c1-17-7-4-5-14-24(17)15-6-13-23-22(26)20-10-11-21(27-20)25-16-12-18-8-2-3-9-19(18)25/h2-3,8-11,17H,4-7,12-16H2,1H3,(H,23,26)/t17-/m1/s1. The number of piperidine rings is 1. The molecule has 1 fully saturated rings. The van der Waals surface area contributed by atoms with E-state index in [2.05, 4.69) is 52.4 Å². The molecule has 1 aromatic carbocycles. The Bertz CT molecular complexity index is 787. The van der Waals surface area contributed by atoms with Crippen molar-refractivity contribution >= 4 is 27.9 Å². The van der Waals surface area contributed by atoms with Crippen molar-refractivity contribution in [3.63, 3.8) is 0 Å². The first-order valence-corrected chi connectivity index (χ1v) is 11.0. The van der Waals surface area contributed by atoms with Crippen LogP contribution in [0.25, 0.3) is 0 Å². The van der Waals surface area contributed by atoms with Crippen molar-refractivity contribution in [1.29, 1.82) is 0 Å². The number of hydrogen-bond donors (Lipinski definition) is 1. The number of para-hydroxylation sites is 1. The largest absolute Gasteiger partial charge is 0.351 e. The number of hydrogen-bond acceptors (Lipinski definition) is 4. The first-order valence-electron chi connectivity index (χ1n) is 10.2. The van der Waals surface area contributed by atoms with E-state index in [1.165, 1.54) is 37.1 Å². The smallest absolute Gasteiger partial charge is 0.261 e. The molecule has 27 heavy (non-hydrogen) atoms. The number of likely N-dealkylation sites (tertiary alicyclic amines) is 1. The summed E-state index contributed by atoms with van der Waals surface area (Å²) in [7, 11) is 0. The van der Waals surface area contributed by atoms with E-state index < -0.39 is 0 Å². The zero-order chi connectivity index (χ0) is 18.6. The van der Waals surface area contributed by atoms with Gasteiger partial charge in [0.25, 0.3) is 5.91 Å². The van der Waals surface area contributed by atoms with Gasteiger partial charge in [-0.2, -0.15) is 0 Å². The average molecular weight is 384 g/mol. The number of carbonyl (C=O) groups is 1. The maximum Gasteiger partial charge on any atom is 0.261 e. The van der Waals surface area contributed by atoms with Crippen LogP contribution in [-0.2, 0) is 6.42 Å². The molecule has 2 aromatic rings. The summed E-state index contributed by atoms with van der Waals surface area (Å²) in [6, 6.07) is 13.3. The number of thiophene rings is 1. The Labute approximate surface area is 166 Å². The molecule has 4 nitrogen and oxygen atoms in total. The van der Waals surface area contributed by atoms with E-state index in [0.29, 0.717) is 6.04 Å². The fourth-order valence-electron chi connectivity index (χ4n) is 4.22. The molecular weight excluding hydrogens is 354 g/mol. The quantitative estimate of drug-likeness (QED) is 0.749. The van der Waals surface area contributed by atoms with Crippen molar-refractivity contribution in [3.8, 4) is 0 Å². The van der Waals surface area contributed by atoms with Gasteiger partial charge in [0.05, 0.1) is 9.88 Å². The Morgan fingerprint density at radius 3 is 2.96 bits per heavy atom. The lowest BCUT2D eigenvalue weighted by Crippen LogP contribution is -2.39. The molecule has 0 spiro atoms. The first-order chi connectivity index (χ1) is 13.2. The Balaban J connectivity index is 1.28. The number of nitrogens with zero attached hydrogens (tertiary/aromatic N) is 2. The summed E-state index contributed by atoms with van der Waals surface area (Å²) in [6.07, 6.45) is 6.08. The Morgan fingerprint density at radius 1 is 1.19 bits per heavy atom. The molecule has 144 valence electrons. The summed E-state index contributed by atoms with van der Waals surface area (Å²) in [5, 5.41) is 4.26. The molecule has 0 saturated carbocycles.